The Bertz CT molecular complexity index is 863. The Labute approximate surface area is 148 Å². The lowest BCUT2D eigenvalue weighted by Gasteiger charge is -2.29. The highest BCUT2D eigenvalue weighted by Crippen LogP contribution is 2.38. The van der Waals surface area contributed by atoms with Gasteiger partial charge in [-0.3, -0.25) is 0 Å². The van der Waals surface area contributed by atoms with Crippen LogP contribution in [0.1, 0.15) is 45.4 Å². The molecule has 0 fully saturated rings. The highest BCUT2D eigenvalue weighted by Gasteiger charge is 2.26. The molecule has 1 heterocycles. The minimum Gasteiger partial charge on any atom is -0.335 e. The van der Waals surface area contributed by atoms with Gasteiger partial charge in [-0.1, -0.05) is 19.1 Å². The Morgan fingerprint density at radius 2 is 1.72 bits per heavy atom. The van der Waals surface area contributed by atoms with Crippen molar-refractivity contribution in [1.82, 2.24) is 4.57 Å². The van der Waals surface area contributed by atoms with Crippen molar-refractivity contribution >= 4 is 5.57 Å². The number of rotatable bonds is 2. The minimum absolute atomic E-state index is 0.196. The average molecular weight is 341 g/mol. The van der Waals surface area contributed by atoms with Gasteiger partial charge >= 0.3 is 0 Å². The maximum Gasteiger partial charge on any atom is 0.132 e. The first-order valence-electron chi connectivity index (χ1n) is 8.75. The molecule has 2 aromatic rings. The van der Waals surface area contributed by atoms with Crippen molar-refractivity contribution in [2.24, 2.45) is 5.92 Å². The lowest BCUT2D eigenvalue weighted by Crippen LogP contribution is -2.25. The molecule has 1 aliphatic carbocycles. The summed E-state index contributed by atoms with van der Waals surface area (Å²) >= 11 is 0. The molecular weight excluding hydrogens is 316 g/mol. The molecule has 1 atom stereocenters. The summed E-state index contributed by atoms with van der Waals surface area (Å²) in [5.74, 6) is -0.244. The molecule has 1 aromatic heterocycles. The molecule has 0 bridgehead atoms. The topological polar surface area (TPSA) is 4.93 Å². The molecule has 0 radical (unpaired) electrons. The number of aryl methyl sites for hydroxylation is 1. The van der Waals surface area contributed by atoms with Crippen molar-refractivity contribution in [3.05, 3.63) is 65.4 Å². The van der Waals surface area contributed by atoms with Gasteiger partial charge < -0.3 is 4.57 Å². The van der Waals surface area contributed by atoms with E-state index in [4.69, 9.17) is 0 Å². The second kappa shape index (κ2) is 6.29. The highest BCUT2D eigenvalue weighted by atomic mass is 19.1. The molecule has 132 valence electrons. The van der Waals surface area contributed by atoms with E-state index in [0.717, 1.165) is 23.4 Å². The number of aromatic nitrogens is 1. The van der Waals surface area contributed by atoms with Crippen LogP contribution in [0.5, 0.6) is 0 Å². The van der Waals surface area contributed by atoms with Crippen molar-refractivity contribution in [3.8, 4) is 11.3 Å². The monoisotopic (exact) mass is 341 g/mol. The fraction of sp³-hybridized carbons (Fsp3) is 0.364. The molecular formula is C22H25F2N. The van der Waals surface area contributed by atoms with Gasteiger partial charge in [0.05, 0.1) is 11.4 Å². The number of halogens is 2. The lowest BCUT2D eigenvalue weighted by molar-refractivity contribution is 0.398. The van der Waals surface area contributed by atoms with Crippen molar-refractivity contribution in [2.45, 2.75) is 46.6 Å². The molecule has 0 saturated carbocycles. The highest BCUT2D eigenvalue weighted by molar-refractivity contribution is 5.79. The van der Waals surface area contributed by atoms with Crippen molar-refractivity contribution in [1.29, 1.82) is 0 Å². The van der Waals surface area contributed by atoms with E-state index in [1.165, 1.54) is 6.07 Å². The summed E-state index contributed by atoms with van der Waals surface area (Å²) in [6, 6.07) is 9.03. The summed E-state index contributed by atoms with van der Waals surface area (Å²) in [5, 5.41) is 0. The van der Waals surface area contributed by atoms with Gasteiger partial charge in [-0.2, -0.15) is 0 Å². The van der Waals surface area contributed by atoms with Gasteiger partial charge in [-0.15, -0.1) is 0 Å². The second-order valence-corrected chi connectivity index (χ2v) is 7.94. The van der Waals surface area contributed by atoms with Crippen LogP contribution in [-0.2, 0) is 5.54 Å². The van der Waals surface area contributed by atoms with Crippen LogP contribution < -0.4 is 0 Å². The van der Waals surface area contributed by atoms with Gasteiger partial charge in [0, 0.05) is 16.7 Å². The fourth-order valence-corrected chi connectivity index (χ4v) is 3.44. The first kappa shape index (κ1) is 17.7. The predicted molar refractivity (Wildman–Crippen MR) is 101 cm³/mol. The maximum absolute atomic E-state index is 14.6. The lowest BCUT2D eigenvalue weighted by atomic mass is 9.95. The standard InChI is InChI=1S/C22H25F2N/c1-14-6-8-16(18(23)12-14)20-10-11-21(25(20)22(3,4)5)17-9-7-15(2)13-19(17)24/h6,8-13,15H,7H2,1-5H3. The normalized spacial score (nSPS) is 18.1. The molecule has 0 spiro atoms. The Morgan fingerprint density at radius 1 is 1.04 bits per heavy atom. The van der Waals surface area contributed by atoms with Gasteiger partial charge in [-0.25, -0.2) is 8.78 Å². The van der Waals surface area contributed by atoms with Gasteiger partial charge in [0.15, 0.2) is 0 Å². The molecule has 1 unspecified atom stereocenters. The molecule has 0 aliphatic heterocycles. The zero-order chi connectivity index (χ0) is 18.4. The predicted octanol–water partition coefficient (Wildman–Crippen LogP) is 6.63. The Morgan fingerprint density at radius 3 is 2.32 bits per heavy atom. The quantitative estimate of drug-likeness (QED) is 0.577. The zero-order valence-electron chi connectivity index (χ0n) is 15.5. The van der Waals surface area contributed by atoms with Crippen LogP contribution in [0, 0.1) is 18.7 Å². The second-order valence-electron chi connectivity index (χ2n) is 7.94. The van der Waals surface area contributed by atoms with Gasteiger partial charge in [0.25, 0.3) is 0 Å². The molecule has 0 saturated heterocycles. The Balaban J connectivity index is 2.20. The maximum atomic E-state index is 14.6. The summed E-state index contributed by atoms with van der Waals surface area (Å²) in [7, 11) is 0. The van der Waals surface area contributed by atoms with Crippen molar-refractivity contribution < 1.29 is 8.78 Å². The molecule has 1 aliphatic rings. The SMILES string of the molecule is Cc1ccc(-c2ccc(C3=CCC(C)C=C3F)n2C(C)(C)C)c(F)c1. The molecule has 0 amide bonds. The van der Waals surface area contributed by atoms with Crippen LogP contribution in [0.2, 0.25) is 0 Å². The number of benzene rings is 1. The van der Waals surface area contributed by atoms with E-state index < -0.39 is 0 Å². The third-order valence-corrected chi connectivity index (χ3v) is 4.61. The molecule has 3 heteroatoms. The third kappa shape index (κ3) is 3.33. The summed E-state index contributed by atoms with van der Waals surface area (Å²) in [6.45, 7) is 10.0. The Kier molecular flexibility index (Phi) is 4.44. The van der Waals surface area contributed by atoms with E-state index in [-0.39, 0.29) is 23.1 Å². The zero-order valence-corrected chi connectivity index (χ0v) is 15.5. The van der Waals surface area contributed by atoms with E-state index in [1.807, 2.05) is 42.7 Å². The van der Waals surface area contributed by atoms with Crippen LogP contribution >= 0.6 is 0 Å². The summed E-state index contributed by atoms with van der Waals surface area (Å²) < 4.78 is 31.2. The number of hydrogen-bond acceptors (Lipinski definition) is 0. The van der Waals surface area contributed by atoms with Crippen LogP contribution in [-0.4, -0.2) is 4.57 Å². The van der Waals surface area contributed by atoms with Gasteiger partial charge in [-0.05, 0) is 75.9 Å². The van der Waals surface area contributed by atoms with Crippen molar-refractivity contribution in [2.75, 3.05) is 0 Å². The summed E-state index contributed by atoms with van der Waals surface area (Å²) in [4.78, 5) is 0. The summed E-state index contributed by atoms with van der Waals surface area (Å²) in [5.41, 5.74) is 3.28. The third-order valence-electron chi connectivity index (χ3n) is 4.61. The molecule has 25 heavy (non-hydrogen) atoms. The van der Waals surface area contributed by atoms with Gasteiger partial charge in [0.2, 0.25) is 0 Å². The van der Waals surface area contributed by atoms with Gasteiger partial charge in [0.1, 0.15) is 11.6 Å². The molecule has 3 rings (SSSR count). The van der Waals surface area contributed by atoms with E-state index in [0.29, 0.717) is 11.1 Å². The molecule has 1 nitrogen and oxygen atoms in total. The number of nitrogens with zero attached hydrogens (tertiary/aromatic N) is 1. The van der Waals surface area contributed by atoms with E-state index in [2.05, 4.69) is 20.8 Å². The van der Waals surface area contributed by atoms with E-state index in [9.17, 15) is 8.78 Å². The minimum atomic E-state index is -0.310. The number of allylic oxidation sites excluding steroid dienone is 4. The van der Waals surface area contributed by atoms with Crippen LogP contribution in [0.15, 0.2) is 48.3 Å². The molecule has 0 N–H and O–H groups in total. The smallest absolute Gasteiger partial charge is 0.132 e. The van der Waals surface area contributed by atoms with Crippen molar-refractivity contribution in [3.63, 3.8) is 0 Å². The van der Waals surface area contributed by atoms with Crippen LogP contribution in [0.3, 0.4) is 0 Å². The first-order valence-corrected chi connectivity index (χ1v) is 8.75. The largest absolute Gasteiger partial charge is 0.335 e. The van der Waals surface area contributed by atoms with E-state index >= 15 is 0 Å². The first-order chi connectivity index (χ1) is 11.7. The van der Waals surface area contributed by atoms with Crippen LogP contribution in [0.4, 0.5) is 8.78 Å². The molecule has 1 aromatic carbocycles. The fourth-order valence-electron chi connectivity index (χ4n) is 3.44. The summed E-state index contributed by atoms with van der Waals surface area (Å²) in [6.07, 6.45) is 4.43. The average Bonchev–Trinajstić information content (AvgIpc) is 2.91. The number of hydrogen-bond donors (Lipinski definition) is 0. The van der Waals surface area contributed by atoms with E-state index in [1.54, 1.807) is 12.1 Å². The Hall–Kier alpha value is -2.16. The van der Waals surface area contributed by atoms with Crippen LogP contribution in [0.25, 0.3) is 16.8 Å².